The van der Waals surface area contributed by atoms with Gasteiger partial charge in [-0.1, -0.05) is 12.1 Å². The van der Waals surface area contributed by atoms with Gasteiger partial charge in [-0.15, -0.1) is 0 Å². The summed E-state index contributed by atoms with van der Waals surface area (Å²) >= 11 is 0. The molecule has 5 nitrogen and oxygen atoms in total. The van der Waals surface area contributed by atoms with Gasteiger partial charge < -0.3 is 23.4 Å². The summed E-state index contributed by atoms with van der Waals surface area (Å²) in [5, 5.41) is 10.9. The average molecular weight is 338 g/mol. The number of ether oxygens (including phenoxy) is 2. The number of furan rings is 2. The fourth-order valence-electron chi connectivity index (χ4n) is 2.93. The van der Waals surface area contributed by atoms with Gasteiger partial charge in [0.15, 0.2) is 11.5 Å². The van der Waals surface area contributed by atoms with Crippen molar-refractivity contribution >= 4 is 21.9 Å². The maximum Gasteiger partial charge on any atom is 0.181 e. The van der Waals surface area contributed by atoms with Crippen LogP contribution in [0.15, 0.2) is 57.6 Å². The summed E-state index contributed by atoms with van der Waals surface area (Å²) in [6, 6.07) is 13.4. The summed E-state index contributed by atoms with van der Waals surface area (Å²) in [5.41, 5.74) is 2.25. The summed E-state index contributed by atoms with van der Waals surface area (Å²) in [5.74, 6) is 1.97. The first-order valence-corrected chi connectivity index (χ1v) is 8.21. The second kappa shape index (κ2) is 6.53. The monoisotopic (exact) mass is 338 g/mol. The van der Waals surface area contributed by atoms with Crippen molar-refractivity contribution in [1.29, 1.82) is 0 Å². The lowest BCUT2D eigenvalue weighted by atomic mass is 10.1. The van der Waals surface area contributed by atoms with Crippen molar-refractivity contribution < 1.29 is 23.4 Å². The van der Waals surface area contributed by atoms with E-state index in [-0.39, 0.29) is 13.2 Å². The molecule has 2 aromatic carbocycles. The van der Waals surface area contributed by atoms with Crippen molar-refractivity contribution in [2.24, 2.45) is 0 Å². The van der Waals surface area contributed by atoms with Gasteiger partial charge >= 0.3 is 0 Å². The van der Waals surface area contributed by atoms with E-state index in [1.165, 1.54) is 0 Å². The van der Waals surface area contributed by atoms with Crippen LogP contribution < -0.4 is 9.47 Å². The molecule has 25 heavy (non-hydrogen) atoms. The van der Waals surface area contributed by atoms with Crippen LogP contribution in [0.5, 0.6) is 11.5 Å². The summed E-state index contributed by atoms with van der Waals surface area (Å²) in [6.07, 6.45) is 1.66. The minimum atomic E-state index is -0.0667. The van der Waals surface area contributed by atoms with Crippen LogP contribution in [0.1, 0.15) is 6.92 Å². The van der Waals surface area contributed by atoms with Crippen molar-refractivity contribution in [1.82, 2.24) is 0 Å². The van der Waals surface area contributed by atoms with Gasteiger partial charge in [0.2, 0.25) is 0 Å². The van der Waals surface area contributed by atoms with E-state index >= 15 is 0 Å². The lowest BCUT2D eigenvalue weighted by Crippen LogP contribution is -2.01. The number of hydrogen-bond donors (Lipinski definition) is 1. The zero-order valence-corrected chi connectivity index (χ0v) is 13.8. The molecule has 0 saturated heterocycles. The Balaban J connectivity index is 1.87. The summed E-state index contributed by atoms with van der Waals surface area (Å²) < 4.78 is 23.0. The highest BCUT2D eigenvalue weighted by Crippen LogP contribution is 2.43. The van der Waals surface area contributed by atoms with Crippen molar-refractivity contribution in [3.63, 3.8) is 0 Å². The molecule has 0 aliphatic carbocycles. The number of rotatable bonds is 6. The Kier molecular flexibility index (Phi) is 4.07. The molecule has 0 unspecified atom stereocenters. The highest BCUT2D eigenvalue weighted by Gasteiger charge is 2.21. The lowest BCUT2D eigenvalue weighted by molar-refractivity contribution is 0.202. The zero-order valence-electron chi connectivity index (χ0n) is 13.8. The first kappa shape index (κ1) is 15.6. The second-order valence-electron chi connectivity index (χ2n) is 5.57. The van der Waals surface area contributed by atoms with Gasteiger partial charge in [-0.25, -0.2) is 0 Å². The fraction of sp³-hybridized carbons (Fsp3) is 0.200. The lowest BCUT2D eigenvalue weighted by Gasteiger charge is -2.05. The van der Waals surface area contributed by atoms with E-state index in [1.807, 2.05) is 49.4 Å². The van der Waals surface area contributed by atoms with Crippen LogP contribution in [0.25, 0.3) is 33.3 Å². The maximum atomic E-state index is 9.12. The highest BCUT2D eigenvalue weighted by atomic mass is 16.5. The van der Waals surface area contributed by atoms with Gasteiger partial charge in [0.05, 0.1) is 24.2 Å². The Morgan fingerprint density at radius 1 is 1.00 bits per heavy atom. The number of para-hydroxylation sites is 1. The Morgan fingerprint density at radius 2 is 1.88 bits per heavy atom. The van der Waals surface area contributed by atoms with Gasteiger partial charge in [0.25, 0.3) is 0 Å². The molecular formula is C20H18O5. The molecule has 2 heterocycles. The third-order valence-electron chi connectivity index (χ3n) is 3.99. The zero-order chi connectivity index (χ0) is 17.2. The van der Waals surface area contributed by atoms with Crippen molar-refractivity contribution in [2.45, 2.75) is 6.92 Å². The summed E-state index contributed by atoms with van der Waals surface area (Å²) in [6.45, 7) is 2.67. The molecule has 4 rings (SSSR count). The quantitative estimate of drug-likeness (QED) is 0.556. The minimum absolute atomic E-state index is 0.0667. The topological polar surface area (TPSA) is 65.0 Å². The van der Waals surface area contributed by atoms with Gasteiger partial charge in [-0.2, -0.15) is 0 Å². The molecule has 0 spiro atoms. The highest BCUT2D eigenvalue weighted by molar-refractivity contribution is 5.99. The standard InChI is InChI=1S/C20H18O5/c1-2-22-13-7-8-14-16(12-24-18(14)11-13)20-19(23-10-9-21)15-5-3-4-6-17(15)25-20/h3-8,11-12,21H,2,9-10H2,1H3. The first-order valence-electron chi connectivity index (χ1n) is 8.21. The van der Waals surface area contributed by atoms with E-state index in [2.05, 4.69) is 0 Å². The predicted molar refractivity (Wildman–Crippen MR) is 95.2 cm³/mol. The van der Waals surface area contributed by atoms with Crippen LogP contribution in [0.2, 0.25) is 0 Å². The molecule has 0 saturated carbocycles. The van der Waals surface area contributed by atoms with Crippen molar-refractivity contribution in [3.8, 4) is 22.8 Å². The van der Waals surface area contributed by atoms with Gasteiger partial charge in [-0.05, 0) is 31.2 Å². The second-order valence-corrected chi connectivity index (χ2v) is 5.57. The van der Waals surface area contributed by atoms with Crippen LogP contribution >= 0.6 is 0 Å². The summed E-state index contributed by atoms with van der Waals surface area (Å²) in [4.78, 5) is 0. The molecule has 0 bridgehead atoms. The molecule has 0 amide bonds. The molecule has 128 valence electrons. The third-order valence-corrected chi connectivity index (χ3v) is 3.99. The molecule has 0 radical (unpaired) electrons. The van der Waals surface area contributed by atoms with Gasteiger partial charge in [0, 0.05) is 11.5 Å². The average Bonchev–Trinajstić information content (AvgIpc) is 3.20. The molecule has 0 aliphatic heterocycles. The van der Waals surface area contributed by atoms with E-state index in [0.29, 0.717) is 18.1 Å². The van der Waals surface area contributed by atoms with Crippen LogP contribution in [0.3, 0.4) is 0 Å². The normalized spacial score (nSPS) is 11.3. The van der Waals surface area contributed by atoms with Gasteiger partial charge in [0.1, 0.15) is 29.8 Å². The third kappa shape index (κ3) is 2.72. The number of hydrogen-bond acceptors (Lipinski definition) is 5. The van der Waals surface area contributed by atoms with Gasteiger partial charge in [-0.3, -0.25) is 0 Å². The molecule has 4 aromatic rings. The van der Waals surface area contributed by atoms with E-state index in [0.717, 1.165) is 33.3 Å². The van der Waals surface area contributed by atoms with E-state index < -0.39 is 0 Å². The number of aliphatic hydroxyl groups is 1. The largest absolute Gasteiger partial charge is 0.494 e. The molecular weight excluding hydrogens is 320 g/mol. The van der Waals surface area contributed by atoms with E-state index in [9.17, 15) is 0 Å². The Morgan fingerprint density at radius 3 is 2.72 bits per heavy atom. The van der Waals surface area contributed by atoms with E-state index in [1.54, 1.807) is 6.26 Å². The number of benzene rings is 2. The predicted octanol–water partition coefficient (Wildman–Crippen LogP) is 4.62. The smallest absolute Gasteiger partial charge is 0.181 e. The Hall–Kier alpha value is -2.92. The van der Waals surface area contributed by atoms with Crippen LogP contribution in [-0.2, 0) is 0 Å². The number of aliphatic hydroxyl groups excluding tert-OH is 1. The first-order chi connectivity index (χ1) is 12.3. The maximum absolute atomic E-state index is 9.12. The summed E-state index contributed by atoms with van der Waals surface area (Å²) in [7, 11) is 0. The van der Waals surface area contributed by atoms with Crippen LogP contribution in [0.4, 0.5) is 0 Å². The molecule has 2 aromatic heterocycles. The molecule has 0 aliphatic rings. The van der Waals surface area contributed by atoms with Crippen molar-refractivity contribution in [3.05, 3.63) is 48.7 Å². The Labute approximate surface area is 144 Å². The fourth-order valence-corrected chi connectivity index (χ4v) is 2.93. The molecule has 5 heteroatoms. The van der Waals surface area contributed by atoms with Crippen LogP contribution in [-0.4, -0.2) is 24.9 Å². The number of fused-ring (bicyclic) bond motifs is 2. The minimum Gasteiger partial charge on any atom is -0.494 e. The van der Waals surface area contributed by atoms with E-state index in [4.69, 9.17) is 23.4 Å². The SMILES string of the molecule is CCOc1ccc2c(-c3oc4ccccc4c3OCCO)coc2c1. The van der Waals surface area contributed by atoms with Crippen molar-refractivity contribution in [2.75, 3.05) is 19.8 Å². The molecule has 0 atom stereocenters. The van der Waals surface area contributed by atoms with Crippen LogP contribution in [0, 0.1) is 0 Å². The molecule has 1 N–H and O–H groups in total. The Bertz CT molecular complexity index is 1010. The molecule has 0 fully saturated rings.